The third-order valence-corrected chi connectivity index (χ3v) is 10.6. The maximum Gasteiger partial charge on any atom is 0.0434 e. The fourth-order valence-electron chi connectivity index (χ4n) is 6.37. The molecule has 0 aliphatic carbocycles. The maximum atomic E-state index is 2.44. The van der Waals surface area contributed by atoms with Gasteiger partial charge in [-0.1, -0.05) is 97.1 Å². The van der Waals surface area contributed by atoms with Crippen LogP contribution >= 0.6 is 22.7 Å². The number of fused-ring (bicyclic) bond motifs is 9. The minimum atomic E-state index is 1.25. The monoisotopic (exact) mass is 542 g/mol. The van der Waals surface area contributed by atoms with Crippen molar-refractivity contribution < 1.29 is 0 Å². The van der Waals surface area contributed by atoms with E-state index in [1.807, 2.05) is 22.7 Å². The lowest BCUT2D eigenvalue weighted by Crippen LogP contribution is -1.87. The molecule has 0 saturated heterocycles. The second-order valence-electron chi connectivity index (χ2n) is 10.5. The fraction of sp³-hybridized carbons (Fsp3) is 0. The van der Waals surface area contributed by atoms with E-state index in [4.69, 9.17) is 0 Å². The lowest BCUT2D eigenvalue weighted by molar-refractivity contribution is 1.65. The molecule has 0 atom stereocenters. The van der Waals surface area contributed by atoms with Crippen molar-refractivity contribution in [2.45, 2.75) is 0 Å². The van der Waals surface area contributed by atoms with Gasteiger partial charge in [0.1, 0.15) is 0 Å². The zero-order valence-corrected chi connectivity index (χ0v) is 23.2. The van der Waals surface area contributed by atoms with Gasteiger partial charge in [-0.2, -0.15) is 0 Å². The molecule has 2 heterocycles. The molecule has 2 heteroatoms. The fourth-order valence-corrected chi connectivity index (χ4v) is 8.73. The first-order valence-electron chi connectivity index (χ1n) is 13.6. The Morgan fingerprint density at radius 2 is 1.05 bits per heavy atom. The first-order chi connectivity index (χ1) is 19.8. The Labute approximate surface area is 239 Å². The molecule has 0 spiro atoms. The predicted molar refractivity (Wildman–Crippen MR) is 178 cm³/mol. The van der Waals surface area contributed by atoms with E-state index in [0.717, 1.165) is 0 Å². The van der Waals surface area contributed by atoms with Gasteiger partial charge in [-0.05, 0) is 74.6 Å². The van der Waals surface area contributed by atoms with Gasteiger partial charge in [-0.15, -0.1) is 22.7 Å². The van der Waals surface area contributed by atoms with Crippen molar-refractivity contribution in [2.24, 2.45) is 0 Å². The average Bonchev–Trinajstić information content (AvgIpc) is 3.58. The first kappa shape index (κ1) is 22.3. The van der Waals surface area contributed by atoms with Crippen molar-refractivity contribution in [1.29, 1.82) is 0 Å². The third-order valence-electron chi connectivity index (χ3n) is 8.25. The van der Waals surface area contributed by atoms with Gasteiger partial charge in [0.05, 0.1) is 0 Å². The SMILES string of the molecule is c1ccc(-c2ccc3c(c2)c(-c2cccc4c2sc2ccccc24)cc2cc4c(cc23)sc2ccccc24)cc1. The van der Waals surface area contributed by atoms with E-state index in [9.17, 15) is 0 Å². The molecule has 40 heavy (non-hydrogen) atoms. The van der Waals surface area contributed by atoms with Crippen LogP contribution in [0.15, 0.2) is 133 Å². The normalized spacial score (nSPS) is 12.0. The largest absolute Gasteiger partial charge is 0.135 e. The van der Waals surface area contributed by atoms with Gasteiger partial charge in [0.25, 0.3) is 0 Å². The first-order valence-corrected chi connectivity index (χ1v) is 15.2. The summed E-state index contributed by atoms with van der Waals surface area (Å²) in [5.41, 5.74) is 5.11. The van der Waals surface area contributed by atoms with Crippen molar-refractivity contribution in [1.82, 2.24) is 0 Å². The molecule has 0 saturated carbocycles. The van der Waals surface area contributed by atoms with Gasteiger partial charge in [0, 0.05) is 45.9 Å². The number of hydrogen-bond donors (Lipinski definition) is 0. The third kappa shape index (κ3) is 3.24. The maximum absolute atomic E-state index is 2.44. The summed E-state index contributed by atoms with van der Waals surface area (Å²) in [6, 6.07) is 49.4. The van der Waals surface area contributed by atoms with Crippen LogP contribution in [0.25, 0.3) is 84.1 Å². The van der Waals surface area contributed by atoms with Crippen LogP contribution in [0, 0.1) is 0 Å². The molecule has 0 radical (unpaired) electrons. The molecular formula is C38H22S2. The van der Waals surface area contributed by atoms with Crippen LogP contribution in [0.4, 0.5) is 0 Å². The molecule has 186 valence electrons. The zero-order valence-electron chi connectivity index (χ0n) is 21.5. The minimum absolute atomic E-state index is 1.25. The van der Waals surface area contributed by atoms with Gasteiger partial charge >= 0.3 is 0 Å². The van der Waals surface area contributed by atoms with Crippen molar-refractivity contribution in [3.05, 3.63) is 133 Å². The van der Waals surface area contributed by atoms with Crippen LogP contribution in [0.2, 0.25) is 0 Å². The molecule has 0 fully saturated rings. The van der Waals surface area contributed by atoms with E-state index in [-0.39, 0.29) is 0 Å². The molecule has 0 bridgehead atoms. The van der Waals surface area contributed by atoms with Gasteiger partial charge in [-0.25, -0.2) is 0 Å². The topological polar surface area (TPSA) is 0 Å². The molecule has 0 amide bonds. The summed E-state index contributed by atoms with van der Waals surface area (Å²) in [5.74, 6) is 0. The molecule has 0 nitrogen and oxygen atoms in total. The highest BCUT2D eigenvalue weighted by Crippen LogP contribution is 2.45. The van der Waals surface area contributed by atoms with E-state index < -0.39 is 0 Å². The Morgan fingerprint density at radius 1 is 0.325 bits per heavy atom. The van der Waals surface area contributed by atoms with Crippen LogP contribution in [-0.4, -0.2) is 0 Å². The standard InChI is InChI=1S/C38H22S2/c1-2-9-23(10-3-1)24-17-18-26-31-22-37-34(28-12-5-6-15-35(28)39-37)21-25(31)20-33(32(26)19-24)30-14-8-13-29-27-11-4-7-16-36(27)40-38(29)30/h1-22H. The minimum Gasteiger partial charge on any atom is -0.135 e. The van der Waals surface area contributed by atoms with Gasteiger partial charge in [-0.3, -0.25) is 0 Å². The lowest BCUT2D eigenvalue weighted by Gasteiger charge is -2.14. The van der Waals surface area contributed by atoms with Crippen molar-refractivity contribution >= 4 is 84.6 Å². The van der Waals surface area contributed by atoms with Gasteiger partial charge in [0.15, 0.2) is 0 Å². The number of thiophene rings is 2. The summed E-state index contributed by atoms with van der Waals surface area (Å²) >= 11 is 3.80. The Hall–Kier alpha value is -4.50. The lowest BCUT2D eigenvalue weighted by atomic mass is 9.90. The van der Waals surface area contributed by atoms with Crippen molar-refractivity contribution in [2.75, 3.05) is 0 Å². The molecule has 9 aromatic rings. The molecule has 0 N–H and O–H groups in total. The molecule has 9 rings (SSSR count). The average molecular weight is 543 g/mol. The molecule has 0 aliphatic rings. The van der Waals surface area contributed by atoms with Crippen LogP contribution in [0.1, 0.15) is 0 Å². The van der Waals surface area contributed by atoms with Crippen LogP contribution < -0.4 is 0 Å². The van der Waals surface area contributed by atoms with Crippen molar-refractivity contribution in [3.63, 3.8) is 0 Å². The Morgan fingerprint density at radius 3 is 1.90 bits per heavy atom. The van der Waals surface area contributed by atoms with E-state index in [1.165, 1.54) is 84.1 Å². The summed E-state index contributed by atoms with van der Waals surface area (Å²) in [4.78, 5) is 0. The van der Waals surface area contributed by atoms with E-state index in [0.29, 0.717) is 0 Å². The summed E-state index contributed by atoms with van der Waals surface area (Å²) in [6.45, 7) is 0. The van der Waals surface area contributed by atoms with Gasteiger partial charge in [0.2, 0.25) is 0 Å². The quantitative estimate of drug-likeness (QED) is 0.191. The molecule has 0 aliphatic heterocycles. The van der Waals surface area contributed by atoms with E-state index in [1.54, 1.807) is 0 Å². The van der Waals surface area contributed by atoms with Crippen LogP contribution in [0.3, 0.4) is 0 Å². The number of benzene rings is 7. The number of rotatable bonds is 2. The molecule has 7 aromatic carbocycles. The highest BCUT2D eigenvalue weighted by atomic mass is 32.1. The smallest absolute Gasteiger partial charge is 0.0434 e. The van der Waals surface area contributed by atoms with Crippen LogP contribution in [0.5, 0.6) is 0 Å². The predicted octanol–water partition coefficient (Wildman–Crippen LogP) is 12.1. The summed E-state index contributed by atoms with van der Waals surface area (Å²) in [6.07, 6.45) is 0. The molecule has 0 unspecified atom stereocenters. The Balaban J connectivity index is 1.43. The highest BCUT2D eigenvalue weighted by molar-refractivity contribution is 7.26. The summed E-state index contributed by atoms with van der Waals surface area (Å²) < 4.78 is 5.39. The van der Waals surface area contributed by atoms with Gasteiger partial charge < -0.3 is 0 Å². The molecular weight excluding hydrogens is 521 g/mol. The van der Waals surface area contributed by atoms with E-state index in [2.05, 4.69) is 133 Å². The Bertz CT molecular complexity index is 2420. The van der Waals surface area contributed by atoms with Crippen molar-refractivity contribution in [3.8, 4) is 22.3 Å². The number of hydrogen-bond acceptors (Lipinski definition) is 2. The second kappa shape index (κ2) is 8.50. The van der Waals surface area contributed by atoms with E-state index >= 15 is 0 Å². The van der Waals surface area contributed by atoms with Crippen LogP contribution in [-0.2, 0) is 0 Å². The highest BCUT2D eigenvalue weighted by Gasteiger charge is 2.16. The summed E-state index contributed by atoms with van der Waals surface area (Å²) in [5, 5.41) is 10.6. The second-order valence-corrected chi connectivity index (χ2v) is 12.6. The molecule has 2 aromatic heterocycles. The Kier molecular flexibility index (Phi) is 4.74. The zero-order chi connectivity index (χ0) is 26.2. The summed E-state index contributed by atoms with van der Waals surface area (Å²) in [7, 11) is 0.